The van der Waals surface area contributed by atoms with Gasteiger partial charge in [0.2, 0.25) is 5.91 Å². The van der Waals surface area contributed by atoms with E-state index in [1.165, 1.54) is 5.56 Å². The molecule has 0 fully saturated rings. The van der Waals surface area contributed by atoms with Gasteiger partial charge < -0.3 is 10.3 Å². The van der Waals surface area contributed by atoms with Crippen LogP contribution in [-0.2, 0) is 28.6 Å². The Labute approximate surface area is 217 Å². The van der Waals surface area contributed by atoms with E-state index in [4.69, 9.17) is 5.73 Å². The number of hydrogen-bond donors (Lipinski definition) is 1. The molecule has 0 saturated carbocycles. The van der Waals surface area contributed by atoms with Gasteiger partial charge in [-0.2, -0.15) is 0 Å². The lowest BCUT2D eigenvalue weighted by molar-refractivity contribution is 0.100. The van der Waals surface area contributed by atoms with Gasteiger partial charge in [-0.1, -0.05) is 74.0 Å². The average Bonchev–Trinajstić information content (AvgIpc) is 3.21. The zero-order valence-corrected chi connectivity index (χ0v) is 21.7. The highest BCUT2D eigenvalue weighted by Crippen LogP contribution is 2.34. The van der Waals surface area contributed by atoms with Crippen molar-refractivity contribution in [2.45, 2.75) is 43.4 Å². The number of aryl methyl sites for hydroxylation is 1. The fourth-order valence-corrected chi connectivity index (χ4v) is 6.47. The number of fused-ring (bicyclic) bond motifs is 3. The number of sulfone groups is 1. The van der Waals surface area contributed by atoms with Crippen LogP contribution in [0.4, 0.5) is 0 Å². The number of amides is 1. The fraction of sp³-hybridized carbons (Fsp3) is 0.194. The monoisotopic (exact) mass is 510 g/mol. The van der Waals surface area contributed by atoms with Crippen LogP contribution in [0.1, 0.15) is 46.8 Å². The minimum absolute atomic E-state index is 0.0847. The van der Waals surface area contributed by atoms with Crippen LogP contribution in [0.5, 0.6) is 0 Å². The molecule has 5 nitrogen and oxygen atoms in total. The smallest absolute Gasteiger partial charge is 0.249 e. The van der Waals surface area contributed by atoms with E-state index in [9.17, 15) is 13.2 Å². The second-order valence-corrected chi connectivity index (χ2v) is 11.4. The Balaban J connectivity index is 1.65. The van der Waals surface area contributed by atoms with Crippen molar-refractivity contribution in [3.63, 3.8) is 0 Å². The normalized spacial score (nSPS) is 11.8. The number of unbranched alkanes of at least 4 members (excludes halogenated alkanes) is 1. The molecule has 5 rings (SSSR count). The number of rotatable bonds is 9. The number of benzene rings is 4. The van der Waals surface area contributed by atoms with E-state index in [2.05, 4.69) is 29.7 Å². The third kappa shape index (κ3) is 4.89. The second-order valence-electron chi connectivity index (χ2n) is 9.45. The van der Waals surface area contributed by atoms with Crippen LogP contribution < -0.4 is 5.73 Å². The molecule has 5 aromatic rings. The number of nitrogens with two attached hydrogens (primary N) is 1. The van der Waals surface area contributed by atoms with Crippen LogP contribution in [0.25, 0.3) is 21.8 Å². The molecule has 2 N–H and O–H groups in total. The summed E-state index contributed by atoms with van der Waals surface area (Å²) in [5.41, 5.74) is 11.1. The van der Waals surface area contributed by atoms with Crippen molar-refractivity contribution in [1.29, 1.82) is 0 Å². The summed E-state index contributed by atoms with van der Waals surface area (Å²) < 4.78 is 28.6. The quantitative estimate of drug-likeness (QED) is 0.254. The molecule has 0 aliphatic heterocycles. The molecular formula is C31H30N2O3S. The van der Waals surface area contributed by atoms with Gasteiger partial charge in [0.15, 0.2) is 9.84 Å². The number of nitrogens with zero attached hydrogens (tertiary/aromatic N) is 1. The first-order chi connectivity index (χ1) is 17.9. The van der Waals surface area contributed by atoms with Crippen LogP contribution in [0, 0.1) is 0 Å². The zero-order chi connectivity index (χ0) is 26.0. The van der Waals surface area contributed by atoms with Gasteiger partial charge in [-0.15, -0.1) is 0 Å². The molecular weight excluding hydrogens is 480 g/mol. The predicted octanol–water partition coefficient (Wildman–Crippen LogP) is 6.26. The lowest BCUT2D eigenvalue weighted by atomic mass is 10.0. The molecule has 0 atom stereocenters. The third-order valence-corrected chi connectivity index (χ3v) is 8.62. The number of aromatic nitrogens is 1. The van der Waals surface area contributed by atoms with Crippen molar-refractivity contribution in [3.05, 3.63) is 113 Å². The molecule has 0 unspecified atom stereocenters. The van der Waals surface area contributed by atoms with E-state index < -0.39 is 15.7 Å². The molecule has 1 heterocycles. The van der Waals surface area contributed by atoms with Crippen molar-refractivity contribution < 1.29 is 13.2 Å². The molecule has 0 radical (unpaired) electrons. The van der Waals surface area contributed by atoms with Crippen LogP contribution in [-0.4, -0.2) is 18.9 Å². The fourth-order valence-electron chi connectivity index (χ4n) is 5.04. The van der Waals surface area contributed by atoms with Crippen molar-refractivity contribution in [2.75, 3.05) is 0 Å². The van der Waals surface area contributed by atoms with Gasteiger partial charge in [0.1, 0.15) is 0 Å². The van der Waals surface area contributed by atoms with E-state index in [1.54, 1.807) is 30.3 Å². The van der Waals surface area contributed by atoms with Gasteiger partial charge in [0.25, 0.3) is 0 Å². The Morgan fingerprint density at radius 1 is 0.838 bits per heavy atom. The van der Waals surface area contributed by atoms with E-state index in [0.29, 0.717) is 17.0 Å². The van der Waals surface area contributed by atoms with Crippen molar-refractivity contribution >= 4 is 37.6 Å². The number of carbonyl (C=O) groups excluding carboxylic acids is 1. The maximum Gasteiger partial charge on any atom is 0.249 e. The Bertz CT molecular complexity index is 1700. The van der Waals surface area contributed by atoms with Gasteiger partial charge in [-0.3, -0.25) is 4.79 Å². The summed E-state index contributed by atoms with van der Waals surface area (Å²) >= 11 is 0. The van der Waals surface area contributed by atoms with Gasteiger partial charge in [0.05, 0.1) is 16.2 Å². The molecule has 4 aromatic carbocycles. The van der Waals surface area contributed by atoms with Crippen molar-refractivity contribution in [2.24, 2.45) is 5.73 Å². The highest BCUT2D eigenvalue weighted by Gasteiger charge is 2.20. The van der Waals surface area contributed by atoms with Gasteiger partial charge in [0, 0.05) is 28.4 Å². The first-order valence-electron chi connectivity index (χ1n) is 12.6. The zero-order valence-electron chi connectivity index (χ0n) is 20.9. The minimum Gasteiger partial charge on any atom is -0.366 e. The molecule has 37 heavy (non-hydrogen) atoms. The molecule has 0 aliphatic rings. The molecule has 0 spiro atoms. The maximum atomic E-state index is 13.2. The Morgan fingerprint density at radius 2 is 1.57 bits per heavy atom. The summed E-state index contributed by atoms with van der Waals surface area (Å²) in [5.74, 6) is -0.549. The van der Waals surface area contributed by atoms with E-state index in [-0.39, 0.29) is 5.75 Å². The van der Waals surface area contributed by atoms with Crippen LogP contribution in [0.15, 0.2) is 95.9 Å². The lowest BCUT2D eigenvalue weighted by Crippen LogP contribution is -2.11. The Morgan fingerprint density at radius 3 is 2.30 bits per heavy atom. The molecule has 1 amide bonds. The average molecular weight is 511 g/mol. The number of hydrogen-bond acceptors (Lipinski definition) is 3. The summed E-state index contributed by atoms with van der Waals surface area (Å²) in [4.78, 5) is 12.6. The van der Waals surface area contributed by atoms with Gasteiger partial charge in [-0.05, 0) is 59.9 Å². The number of primary amides is 1. The van der Waals surface area contributed by atoms with Crippen LogP contribution >= 0.6 is 0 Å². The lowest BCUT2D eigenvalue weighted by Gasteiger charge is -2.14. The summed E-state index contributed by atoms with van der Waals surface area (Å²) in [7, 11) is -3.51. The Kier molecular flexibility index (Phi) is 6.85. The predicted molar refractivity (Wildman–Crippen MR) is 149 cm³/mol. The standard InChI is InChI=1S/C31H30N2O3S/c1-2-3-10-22-17-18-26-29(19-22)33(28-16-9-15-27(30(26)28)31(32)34)20-23-11-7-8-12-24(23)21-37(35,36)25-13-5-4-6-14-25/h4-9,11-19H,2-3,10,20-21H2,1H3,(H2,32,34). The topological polar surface area (TPSA) is 82.2 Å². The second kappa shape index (κ2) is 10.2. The summed E-state index contributed by atoms with van der Waals surface area (Å²) in [6.45, 7) is 2.65. The molecule has 1 aromatic heterocycles. The van der Waals surface area contributed by atoms with E-state index in [1.807, 2.05) is 42.5 Å². The first kappa shape index (κ1) is 24.8. The highest BCUT2D eigenvalue weighted by molar-refractivity contribution is 7.90. The molecule has 188 valence electrons. The van der Waals surface area contributed by atoms with Crippen LogP contribution in [0.3, 0.4) is 0 Å². The van der Waals surface area contributed by atoms with Gasteiger partial charge >= 0.3 is 0 Å². The third-order valence-electron chi connectivity index (χ3n) is 6.93. The summed E-state index contributed by atoms with van der Waals surface area (Å²) in [6, 6.07) is 28.2. The highest BCUT2D eigenvalue weighted by atomic mass is 32.2. The molecule has 0 bridgehead atoms. The summed E-state index contributed by atoms with van der Waals surface area (Å²) in [6.07, 6.45) is 3.18. The SMILES string of the molecule is CCCCc1ccc2c3c(C(N)=O)cccc3n(Cc3ccccc3CS(=O)(=O)c3ccccc3)c2c1. The molecule has 0 aliphatic carbocycles. The largest absolute Gasteiger partial charge is 0.366 e. The first-order valence-corrected chi connectivity index (χ1v) is 14.2. The molecule has 6 heteroatoms. The van der Waals surface area contributed by atoms with Gasteiger partial charge in [-0.25, -0.2) is 8.42 Å². The van der Waals surface area contributed by atoms with Crippen molar-refractivity contribution in [1.82, 2.24) is 4.57 Å². The minimum atomic E-state index is -3.51. The maximum absolute atomic E-state index is 13.2. The van der Waals surface area contributed by atoms with E-state index >= 15 is 0 Å². The van der Waals surface area contributed by atoms with Crippen molar-refractivity contribution in [3.8, 4) is 0 Å². The molecule has 0 saturated heterocycles. The number of carbonyl (C=O) groups is 1. The van der Waals surface area contributed by atoms with Crippen LogP contribution in [0.2, 0.25) is 0 Å². The van der Waals surface area contributed by atoms with E-state index in [0.717, 1.165) is 52.2 Å². The summed E-state index contributed by atoms with van der Waals surface area (Å²) in [5, 5.41) is 1.81. The Hall–Kier alpha value is -3.90.